The summed E-state index contributed by atoms with van der Waals surface area (Å²) in [6.07, 6.45) is 3.56. The van der Waals surface area contributed by atoms with E-state index >= 15 is 0 Å². The van der Waals surface area contributed by atoms with Crippen LogP contribution in [0.5, 0.6) is 0 Å². The maximum Gasteiger partial charge on any atom is 0.256 e. The van der Waals surface area contributed by atoms with Crippen LogP contribution in [0.2, 0.25) is 0 Å². The van der Waals surface area contributed by atoms with Gasteiger partial charge in [-0.1, -0.05) is 30.3 Å². The zero-order valence-corrected chi connectivity index (χ0v) is 19.8. The monoisotopic (exact) mass is 466 g/mol. The summed E-state index contributed by atoms with van der Waals surface area (Å²) in [4.78, 5) is 19.9. The molecule has 1 N–H and O–H groups in total. The number of imidazole rings is 1. The largest absolute Gasteiger partial charge is 0.337 e. The van der Waals surface area contributed by atoms with Crippen LogP contribution in [0, 0.1) is 0 Å². The van der Waals surface area contributed by atoms with E-state index in [1.54, 1.807) is 41.9 Å². The number of carbonyl (C=O) groups is 1. The first-order valence-corrected chi connectivity index (χ1v) is 12.1. The molecule has 0 spiro atoms. The molecule has 2 aromatic heterocycles. The Labute approximate surface area is 192 Å². The highest BCUT2D eigenvalue weighted by molar-refractivity contribution is 7.92. The average molecular weight is 467 g/mol. The number of sulfonamides is 1. The predicted molar refractivity (Wildman–Crippen MR) is 128 cm³/mol. The molecule has 0 aliphatic heterocycles. The van der Waals surface area contributed by atoms with Crippen molar-refractivity contribution in [2.75, 3.05) is 17.5 Å². The lowest BCUT2D eigenvalue weighted by Gasteiger charge is -2.18. The first-order chi connectivity index (χ1) is 15.7. The highest BCUT2D eigenvalue weighted by Gasteiger charge is 2.23. The SMILES string of the molecule is CCS(=O)(=O)Nc1cc(C(=O)N(C)Cc2cnn(C)c2)c2c(c1)nc(-c1ccccc1)n2C. The molecular formula is C23H26N6O3S. The van der Waals surface area contributed by atoms with E-state index in [2.05, 4.69) is 9.82 Å². The fourth-order valence-electron chi connectivity index (χ4n) is 3.78. The summed E-state index contributed by atoms with van der Waals surface area (Å²) in [5.74, 6) is 0.362. The van der Waals surface area contributed by atoms with E-state index in [0.717, 1.165) is 11.1 Å². The quantitative estimate of drug-likeness (QED) is 0.451. The Bertz CT molecular complexity index is 1420. The second kappa shape index (κ2) is 8.70. The van der Waals surface area contributed by atoms with Gasteiger partial charge >= 0.3 is 0 Å². The van der Waals surface area contributed by atoms with E-state index in [0.29, 0.717) is 34.7 Å². The molecule has 0 radical (unpaired) electrons. The van der Waals surface area contributed by atoms with Crippen molar-refractivity contribution in [3.63, 3.8) is 0 Å². The summed E-state index contributed by atoms with van der Waals surface area (Å²) < 4.78 is 30.5. The third kappa shape index (κ3) is 4.61. The van der Waals surface area contributed by atoms with Gasteiger partial charge in [-0.2, -0.15) is 5.10 Å². The number of nitrogens with zero attached hydrogens (tertiary/aromatic N) is 5. The second-order valence-electron chi connectivity index (χ2n) is 7.94. The Morgan fingerprint density at radius 2 is 1.88 bits per heavy atom. The van der Waals surface area contributed by atoms with Gasteiger partial charge in [0.15, 0.2) is 0 Å². The Balaban J connectivity index is 1.84. The highest BCUT2D eigenvalue weighted by Crippen LogP contribution is 2.30. The minimum Gasteiger partial charge on any atom is -0.337 e. The zero-order chi connectivity index (χ0) is 23.8. The smallest absolute Gasteiger partial charge is 0.256 e. The standard InChI is InChI=1S/C23H26N6O3S/c1-5-33(31,32)26-18-11-19(23(30)27(2)14-16-13-24-28(3)15-16)21-20(12-18)25-22(29(21)4)17-9-7-6-8-10-17/h6-13,15,26H,5,14H2,1-4H3. The van der Waals surface area contributed by atoms with Crippen LogP contribution in [0.3, 0.4) is 0 Å². The van der Waals surface area contributed by atoms with Gasteiger partial charge in [-0.05, 0) is 19.1 Å². The number of fused-ring (bicyclic) bond motifs is 1. The first-order valence-electron chi connectivity index (χ1n) is 10.5. The number of hydrogen-bond acceptors (Lipinski definition) is 5. The molecule has 33 heavy (non-hydrogen) atoms. The molecule has 172 valence electrons. The van der Waals surface area contributed by atoms with Crippen LogP contribution in [0.1, 0.15) is 22.8 Å². The zero-order valence-electron chi connectivity index (χ0n) is 19.0. The van der Waals surface area contributed by atoms with Gasteiger partial charge in [-0.15, -0.1) is 0 Å². The average Bonchev–Trinajstić information content (AvgIpc) is 3.35. The van der Waals surface area contributed by atoms with Gasteiger partial charge in [0.1, 0.15) is 5.82 Å². The highest BCUT2D eigenvalue weighted by atomic mass is 32.2. The van der Waals surface area contributed by atoms with E-state index in [-0.39, 0.29) is 11.7 Å². The van der Waals surface area contributed by atoms with Crippen LogP contribution in [0.15, 0.2) is 54.9 Å². The molecule has 1 amide bonds. The summed E-state index contributed by atoms with van der Waals surface area (Å²) >= 11 is 0. The fraction of sp³-hybridized carbons (Fsp3) is 0.261. The van der Waals surface area contributed by atoms with Gasteiger partial charge in [-0.25, -0.2) is 13.4 Å². The van der Waals surface area contributed by atoms with Crippen molar-refractivity contribution in [2.45, 2.75) is 13.5 Å². The molecule has 0 aliphatic carbocycles. The molecule has 0 unspecified atom stereocenters. The third-order valence-electron chi connectivity index (χ3n) is 5.41. The van der Waals surface area contributed by atoms with Crippen LogP contribution in [-0.2, 0) is 30.7 Å². The first kappa shape index (κ1) is 22.5. The van der Waals surface area contributed by atoms with Gasteiger partial charge in [0.25, 0.3) is 5.91 Å². The van der Waals surface area contributed by atoms with Crippen molar-refractivity contribution < 1.29 is 13.2 Å². The Morgan fingerprint density at radius 3 is 2.52 bits per heavy atom. The number of anilines is 1. The number of hydrogen-bond donors (Lipinski definition) is 1. The van der Waals surface area contributed by atoms with Crippen molar-refractivity contribution >= 4 is 32.7 Å². The molecule has 4 rings (SSSR count). The topological polar surface area (TPSA) is 102 Å². The van der Waals surface area contributed by atoms with Crippen LogP contribution < -0.4 is 4.72 Å². The predicted octanol–water partition coefficient (Wildman–Crippen LogP) is 3.01. The normalized spacial score (nSPS) is 11.6. The summed E-state index contributed by atoms with van der Waals surface area (Å²) in [6, 6.07) is 12.9. The van der Waals surface area contributed by atoms with Crippen molar-refractivity contribution in [3.05, 3.63) is 66.0 Å². The van der Waals surface area contributed by atoms with Crippen molar-refractivity contribution in [3.8, 4) is 11.4 Å². The third-order valence-corrected chi connectivity index (χ3v) is 6.72. The Hall–Kier alpha value is -3.66. The van der Waals surface area contributed by atoms with Gasteiger partial charge in [-0.3, -0.25) is 14.2 Å². The van der Waals surface area contributed by atoms with Crippen molar-refractivity contribution in [1.82, 2.24) is 24.2 Å². The minimum absolute atomic E-state index is 0.0767. The lowest BCUT2D eigenvalue weighted by molar-refractivity contribution is 0.0786. The van der Waals surface area contributed by atoms with Gasteiger partial charge in [0.05, 0.1) is 34.2 Å². The van der Waals surface area contributed by atoms with Crippen LogP contribution in [-0.4, -0.2) is 51.4 Å². The van der Waals surface area contributed by atoms with E-state index in [1.807, 2.05) is 55.2 Å². The van der Waals surface area contributed by atoms with E-state index < -0.39 is 10.0 Å². The van der Waals surface area contributed by atoms with Crippen molar-refractivity contribution in [1.29, 1.82) is 0 Å². The van der Waals surface area contributed by atoms with E-state index in [4.69, 9.17) is 4.98 Å². The summed E-state index contributed by atoms with van der Waals surface area (Å²) in [7, 11) is 1.85. The number of carbonyl (C=O) groups excluding carboxylic acids is 1. The fourth-order valence-corrected chi connectivity index (χ4v) is 4.40. The molecule has 2 aromatic carbocycles. The maximum atomic E-state index is 13.5. The number of amides is 1. The lowest BCUT2D eigenvalue weighted by Crippen LogP contribution is -2.27. The molecule has 2 heterocycles. The van der Waals surface area contributed by atoms with Gasteiger partial charge < -0.3 is 9.47 Å². The van der Waals surface area contributed by atoms with Gasteiger partial charge in [0, 0.05) is 45.0 Å². The number of rotatable bonds is 7. The molecular weight excluding hydrogens is 440 g/mol. The molecule has 9 nitrogen and oxygen atoms in total. The summed E-state index contributed by atoms with van der Waals surface area (Å²) in [6.45, 7) is 1.92. The lowest BCUT2D eigenvalue weighted by atomic mass is 10.1. The van der Waals surface area contributed by atoms with Crippen LogP contribution in [0.25, 0.3) is 22.4 Å². The molecule has 0 saturated heterocycles. The molecule has 0 bridgehead atoms. The van der Waals surface area contributed by atoms with Gasteiger partial charge in [0.2, 0.25) is 10.0 Å². The van der Waals surface area contributed by atoms with Crippen LogP contribution in [0.4, 0.5) is 5.69 Å². The Morgan fingerprint density at radius 1 is 1.15 bits per heavy atom. The second-order valence-corrected chi connectivity index (χ2v) is 9.95. The van der Waals surface area contributed by atoms with E-state index in [1.165, 1.54) is 0 Å². The molecule has 4 aromatic rings. The maximum absolute atomic E-state index is 13.5. The molecule has 0 saturated carbocycles. The minimum atomic E-state index is -3.53. The molecule has 10 heteroatoms. The summed E-state index contributed by atoms with van der Waals surface area (Å²) in [5, 5.41) is 4.15. The number of aryl methyl sites for hydroxylation is 2. The molecule has 0 atom stereocenters. The number of nitrogens with one attached hydrogen (secondary N) is 1. The number of benzene rings is 2. The molecule has 0 aliphatic rings. The van der Waals surface area contributed by atoms with Crippen molar-refractivity contribution in [2.24, 2.45) is 14.1 Å². The Kier molecular flexibility index (Phi) is 5.94. The summed E-state index contributed by atoms with van der Waals surface area (Å²) in [5.41, 5.74) is 3.63. The molecule has 0 fully saturated rings. The van der Waals surface area contributed by atoms with Crippen LogP contribution >= 0.6 is 0 Å². The van der Waals surface area contributed by atoms with E-state index in [9.17, 15) is 13.2 Å². The number of aromatic nitrogens is 4.